The molecule has 0 aromatic carbocycles. The van der Waals surface area contributed by atoms with Crippen LogP contribution in [0.4, 0.5) is 0 Å². The Labute approximate surface area is 195 Å². The van der Waals surface area contributed by atoms with E-state index in [9.17, 15) is 9.59 Å². The Balaban J connectivity index is -0.0000000103. The maximum absolute atomic E-state index is 9.87. The van der Waals surface area contributed by atoms with Crippen molar-refractivity contribution in [2.45, 2.75) is 84.6 Å². The van der Waals surface area contributed by atoms with Crippen molar-refractivity contribution in [1.29, 1.82) is 0 Å². The van der Waals surface area contributed by atoms with Gasteiger partial charge in [0.15, 0.2) is 0 Å². The molecule has 0 saturated heterocycles. The maximum Gasteiger partial charge on any atom is 0.300 e. The molecule has 0 rings (SSSR count). The molecule has 0 fully saturated rings. The van der Waals surface area contributed by atoms with Gasteiger partial charge in [-0.2, -0.15) is 0 Å². The van der Waals surface area contributed by atoms with E-state index in [1.54, 1.807) is 14.1 Å². The Morgan fingerprint density at radius 3 is 0.800 bits per heavy atom. The second-order valence-electron chi connectivity index (χ2n) is 2.44. The summed E-state index contributed by atoms with van der Waals surface area (Å²) >= 11 is 0. The highest BCUT2D eigenvalue weighted by molar-refractivity contribution is 5.76. The molecule has 30 heavy (non-hydrogen) atoms. The number of hydrogen-bond donors (Lipinski definition) is 7. The molecule has 0 aliphatic heterocycles. The Morgan fingerprint density at radius 1 is 0.667 bits per heavy atom. The van der Waals surface area contributed by atoms with Crippen LogP contribution in [0.1, 0.15) is 84.6 Å². The first-order chi connectivity index (χ1) is 11.2. The van der Waals surface area contributed by atoms with Crippen LogP contribution in [0.2, 0.25) is 0 Å². The van der Waals surface area contributed by atoms with Gasteiger partial charge in [-0.3, -0.25) is 36.5 Å². The van der Waals surface area contributed by atoms with E-state index < -0.39 is 5.97 Å². The fourth-order valence-corrected chi connectivity index (χ4v) is 0.176. The number of carboxylic acid groups (broad SMARTS) is 1. The average Bonchev–Trinajstić information content (AvgIpc) is 2.54. The standard InChI is InChI=1S/C3H8N2O.C2H6N2O.C2H4O2.3C2H6.CH6N2.3CH4.3B/c1-3(6)5-4-2;1-2(5)4-3;1-2(3)4;3*1-2;1-3-2;;;;;;/h4H,1-2H3,(H,5,6);3H2,1H3,(H,4,5);1H3,(H,3,4);3*1-2H3;3H,2H2,1H3;3*1H4;;;. The Hall–Kier alpha value is -1.56. The lowest BCUT2D eigenvalue weighted by Gasteiger charge is -1.91. The van der Waals surface area contributed by atoms with Gasteiger partial charge < -0.3 is 5.11 Å². The summed E-state index contributed by atoms with van der Waals surface area (Å²) in [5.74, 6) is 8.05. The summed E-state index contributed by atoms with van der Waals surface area (Å²) < 4.78 is 0. The average molecular weight is 439 g/mol. The number of nitrogens with two attached hydrogens (primary N) is 2. The second-order valence-corrected chi connectivity index (χ2v) is 2.44. The molecule has 13 heteroatoms. The van der Waals surface area contributed by atoms with Crippen molar-refractivity contribution >= 4 is 43.0 Å². The number of nitrogens with one attached hydrogen (secondary N) is 4. The van der Waals surface area contributed by atoms with Gasteiger partial charge >= 0.3 is 0 Å². The second kappa shape index (κ2) is 147. The normalized spacial score (nSPS) is 4.70. The molecule has 2 amide bonds. The van der Waals surface area contributed by atoms with Crippen molar-refractivity contribution in [3.8, 4) is 0 Å². The summed E-state index contributed by atoms with van der Waals surface area (Å²) in [6.07, 6.45) is 0. The minimum Gasteiger partial charge on any atom is -0.481 e. The van der Waals surface area contributed by atoms with Crippen LogP contribution in [-0.2, 0) is 14.4 Å². The molecule has 0 saturated carbocycles. The molecule has 0 aliphatic carbocycles. The third-order valence-electron chi connectivity index (χ3n) is 0.504. The number of amides is 2. The number of hydrogen-bond acceptors (Lipinski definition) is 7. The van der Waals surface area contributed by atoms with Crippen molar-refractivity contribution in [3.63, 3.8) is 0 Å². The zero-order chi connectivity index (χ0) is 21.6. The van der Waals surface area contributed by atoms with E-state index in [2.05, 4.69) is 28.0 Å². The molecule has 0 atom stereocenters. The summed E-state index contributed by atoms with van der Waals surface area (Å²) in [6, 6.07) is 0. The first-order valence-electron chi connectivity index (χ1n) is 7.66. The minimum absolute atomic E-state index is 0. The van der Waals surface area contributed by atoms with Gasteiger partial charge in [0.1, 0.15) is 0 Å². The fraction of sp³-hybridized carbons (Fsp3) is 0.824. The Kier molecular flexibility index (Phi) is 439. The Morgan fingerprint density at radius 2 is 0.800 bits per heavy atom. The van der Waals surface area contributed by atoms with Crippen LogP contribution in [0, 0.1) is 0 Å². The molecule has 10 nitrogen and oxygen atoms in total. The Bertz CT molecular complexity index is 230. The summed E-state index contributed by atoms with van der Waals surface area (Å²) in [7, 11) is 3.29. The molecule has 0 heterocycles. The minimum atomic E-state index is -0.833. The van der Waals surface area contributed by atoms with Crippen LogP contribution in [0.3, 0.4) is 0 Å². The monoisotopic (exact) mass is 439 g/mol. The molecule has 9 N–H and O–H groups in total. The zero-order valence-electron chi connectivity index (χ0n) is 19.1. The van der Waals surface area contributed by atoms with Crippen molar-refractivity contribution in [2.75, 3.05) is 14.1 Å². The van der Waals surface area contributed by atoms with E-state index in [-0.39, 0.29) is 59.3 Å². The topological polar surface area (TPSA) is 172 Å². The molecule has 9 radical (unpaired) electrons. The number of carbonyl (C=O) groups is 3. The number of rotatable bonds is 1. The first-order valence-corrected chi connectivity index (χ1v) is 7.66. The maximum atomic E-state index is 9.87. The van der Waals surface area contributed by atoms with Gasteiger partial charge in [-0.1, -0.05) is 63.8 Å². The van der Waals surface area contributed by atoms with Crippen molar-refractivity contribution in [2.24, 2.45) is 11.7 Å². The molecule has 0 aromatic rings. The molecule has 0 unspecified atom stereocenters. The molecular weight excluding hydrogens is 385 g/mol. The molecule has 0 spiro atoms. The molecule has 0 aliphatic rings. The van der Waals surface area contributed by atoms with Crippen LogP contribution in [0.5, 0.6) is 0 Å². The van der Waals surface area contributed by atoms with Crippen molar-refractivity contribution in [3.05, 3.63) is 0 Å². The smallest absolute Gasteiger partial charge is 0.300 e. The summed E-state index contributed by atoms with van der Waals surface area (Å²) in [4.78, 5) is 28.4. The van der Waals surface area contributed by atoms with Gasteiger partial charge in [0, 0.05) is 53.1 Å². The number of carboxylic acids is 1. The predicted octanol–water partition coefficient (Wildman–Crippen LogP) is 1.27. The number of hydrazine groups is 3. The van der Waals surface area contributed by atoms with E-state index >= 15 is 0 Å². The third-order valence-corrected chi connectivity index (χ3v) is 0.504. The summed E-state index contributed by atoms with van der Waals surface area (Å²) in [5.41, 5.74) is 8.93. The van der Waals surface area contributed by atoms with Crippen LogP contribution >= 0.6 is 0 Å². The van der Waals surface area contributed by atoms with E-state index in [1.807, 2.05) is 47.0 Å². The van der Waals surface area contributed by atoms with Crippen molar-refractivity contribution in [1.82, 2.24) is 21.7 Å². The van der Waals surface area contributed by atoms with E-state index in [0.717, 1.165) is 6.92 Å². The van der Waals surface area contributed by atoms with E-state index in [1.165, 1.54) is 13.8 Å². The molecule has 185 valence electrons. The highest BCUT2D eigenvalue weighted by atomic mass is 16.4. The zero-order valence-corrected chi connectivity index (χ0v) is 19.1. The highest BCUT2D eigenvalue weighted by Gasteiger charge is 1.78. The van der Waals surface area contributed by atoms with E-state index in [4.69, 9.17) is 9.90 Å². The highest BCUT2D eigenvalue weighted by Crippen LogP contribution is 1.46. The van der Waals surface area contributed by atoms with Gasteiger partial charge in [0.25, 0.3) is 5.97 Å². The largest absolute Gasteiger partial charge is 0.481 e. The van der Waals surface area contributed by atoms with Crippen molar-refractivity contribution < 1.29 is 19.5 Å². The summed E-state index contributed by atoms with van der Waals surface area (Å²) in [6.45, 7) is 15.9. The summed E-state index contributed by atoms with van der Waals surface area (Å²) in [5, 5.41) is 7.42. The van der Waals surface area contributed by atoms with E-state index in [0.29, 0.717) is 0 Å². The number of carbonyl (C=O) groups excluding carboxylic acids is 2. The van der Waals surface area contributed by atoms with Crippen LogP contribution in [0.25, 0.3) is 0 Å². The van der Waals surface area contributed by atoms with Gasteiger partial charge in [0.2, 0.25) is 11.8 Å². The SMILES string of the molecule is C.C.C.CC.CC.CC.CC(=O)NN.CC(=O)O.CNN.CNNC(C)=O.[B].[B].[B]. The van der Waals surface area contributed by atoms with Gasteiger partial charge in [-0.15, -0.1) is 0 Å². The van der Waals surface area contributed by atoms with Gasteiger partial charge in [-0.25, -0.2) is 11.3 Å². The fourth-order valence-electron chi connectivity index (χ4n) is 0.176. The lowest BCUT2D eigenvalue weighted by Crippen LogP contribution is -2.31. The van der Waals surface area contributed by atoms with Crippen LogP contribution in [0.15, 0.2) is 0 Å². The first kappa shape index (κ1) is 89.8. The lowest BCUT2D eigenvalue weighted by atomic mass is 10.8. The third kappa shape index (κ3) is 1440. The van der Waals surface area contributed by atoms with Gasteiger partial charge in [0.05, 0.1) is 0 Å². The van der Waals surface area contributed by atoms with Crippen LogP contribution < -0.4 is 33.4 Å². The molecular formula is C17H54B3N6O4. The molecule has 0 bridgehead atoms. The predicted molar refractivity (Wildman–Crippen MR) is 139 cm³/mol. The molecule has 0 aromatic heterocycles. The quantitative estimate of drug-likeness (QED) is 0.139. The number of aliphatic carboxylic acids is 1. The lowest BCUT2D eigenvalue weighted by molar-refractivity contribution is -0.134. The van der Waals surface area contributed by atoms with Gasteiger partial charge in [-0.05, 0) is 7.05 Å². The van der Waals surface area contributed by atoms with Crippen LogP contribution in [-0.4, -0.2) is 62.2 Å².